The second-order valence-corrected chi connectivity index (χ2v) is 6.18. The summed E-state index contributed by atoms with van der Waals surface area (Å²) in [5.41, 5.74) is 2.15. The van der Waals surface area contributed by atoms with Crippen LogP contribution in [0.1, 0.15) is 43.5 Å². The molecule has 1 aromatic heterocycles. The van der Waals surface area contributed by atoms with Gasteiger partial charge in [-0.25, -0.2) is 0 Å². The Balaban J connectivity index is 1.66. The Morgan fingerprint density at radius 1 is 1.27 bits per heavy atom. The van der Waals surface area contributed by atoms with Crippen molar-refractivity contribution in [3.8, 4) is 0 Å². The number of aryl methyl sites for hydroxylation is 3. The van der Waals surface area contributed by atoms with Gasteiger partial charge >= 0.3 is 5.97 Å². The number of carbonyl (C=O) groups excluding carboxylic acids is 1. The van der Waals surface area contributed by atoms with Gasteiger partial charge in [0.2, 0.25) is 5.91 Å². The lowest BCUT2D eigenvalue weighted by atomic mass is 9.81. The molecule has 0 saturated heterocycles. The van der Waals surface area contributed by atoms with Crippen molar-refractivity contribution in [3.63, 3.8) is 0 Å². The highest BCUT2D eigenvalue weighted by Crippen LogP contribution is 2.28. The van der Waals surface area contributed by atoms with Crippen LogP contribution in [0.5, 0.6) is 0 Å². The van der Waals surface area contributed by atoms with Gasteiger partial charge in [-0.3, -0.25) is 14.3 Å². The predicted molar refractivity (Wildman–Crippen MR) is 82.4 cm³/mol. The summed E-state index contributed by atoms with van der Waals surface area (Å²) in [7, 11) is 0. The molecule has 1 saturated carbocycles. The standard InChI is InChI=1S/C16H25N3O3/c1-11-10-12(2)19(18-11)9-3-8-17-15(20)13-4-6-14(7-5-13)16(21)22/h10,13-14H,3-9H2,1-2H3,(H,17,20)(H,21,22). The maximum atomic E-state index is 12.1. The van der Waals surface area contributed by atoms with Crippen LogP contribution in [0.15, 0.2) is 6.07 Å². The van der Waals surface area contributed by atoms with E-state index in [4.69, 9.17) is 5.11 Å². The van der Waals surface area contributed by atoms with E-state index in [1.807, 2.05) is 24.6 Å². The normalized spacial score (nSPS) is 21.5. The van der Waals surface area contributed by atoms with Crippen molar-refractivity contribution < 1.29 is 14.7 Å². The highest BCUT2D eigenvalue weighted by Gasteiger charge is 2.29. The van der Waals surface area contributed by atoms with E-state index in [1.54, 1.807) is 0 Å². The molecule has 2 N–H and O–H groups in total. The molecule has 2 rings (SSSR count). The van der Waals surface area contributed by atoms with Crippen molar-refractivity contribution in [2.24, 2.45) is 11.8 Å². The maximum Gasteiger partial charge on any atom is 0.306 e. The van der Waals surface area contributed by atoms with E-state index < -0.39 is 5.97 Å². The number of nitrogens with zero attached hydrogens (tertiary/aromatic N) is 2. The third-order valence-electron chi connectivity index (χ3n) is 4.40. The lowest BCUT2D eigenvalue weighted by molar-refractivity contribution is -0.144. The van der Waals surface area contributed by atoms with Crippen molar-refractivity contribution >= 4 is 11.9 Å². The number of hydrogen-bond acceptors (Lipinski definition) is 3. The fourth-order valence-electron chi connectivity index (χ4n) is 3.09. The smallest absolute Gasteiger partial charge is 0.306 e. The Kier molecular flexibility index (Phi) is 5.57. The molecular weight excluding hydrogens is 282 g/mol. The zero-order valence-electron chi connectivity index (χ0n) is 13.3. The van der Waals surface area contributed by atoms with Crippen molar-refractivity contribution in [1.82, 2.24) is 15.1 Å². The second kappa shape index (κ2) is 7.42. The lowest BCUT2D eigenvalue weighted by Gasteiger charge is -2.25. The van der Waals surface area contributed by atoms with Gasteiger partial charge in [0.05, 0.1) is 11.6 Å². The number of carboxylic acids is 1. The van der Waals surface area contributed by atoms with Crippen LogP contribution in [-0.4, -0.2) is 33.3 Å². The van der Waals surface area contributed by atoms with E-state index in [2.05, 4.69) is 10.4 Å². The molecular formula is C16H25N3O3. The Morgan fingerprint density at radius 3 is 2.45 bits per heavy atom. The summed E-state index contributed by atoms with van der Waals surface area (Å²) in [6.07, 6.45) is 3.43. The van der Waals surface area contributed by atoms with E-state index in [0.717, 1.165) is 24.4 Å². The van der Waals surface area contributed by atoms with Gasteiger partial charge in [-0.1, -0.05) is 0 Å². The van der Waals surface area contributed by atoms with Crippen LogP contribution >= 0.6 is 0 Å². The fraction of sp³-hybridized carbons (Fsp3) is 0.688. The molecule has 0 bridgehead atoms. The first-order valence-electron chi connectivity index (χ1n) is 7.99. The highest BCUT2D eigenvalue weighted by atomic mass is 16.4. The molecule has 0 radical (unpaired) electrons. The summed E-state index contributed by atoms with van der Waals surface area (Å²) in [5.74, 6) is -0.958. The first-order valence-corrected chi connectivity index (χ1v) is 7.99. The average Bonchev–Trinajstić information content (AvgIpc) is 2.81. The summed E-state index contributed by atoms with van der Waals surface area (Å²) in [6.45, 7) is 5.43. The zero-order chi connectivity index (χ0) is 16.1. The molecule has 1 aromatic rings. The van der Waals surface area contributed by atoms with E-state index in [-0.39, 0.29) is 17.7 Å². The van der Waals surface area contributed by atoms with Crippen LogP contribution in [0.25, 0.3) is 0 Å². The van der Waals surface area contributed by atoms with Gasteiger partial charge < -0.3 is 10.4 Å². The molecule has 1 aliphatic rings. The van der Waals surface area contributed by atoms with Gasteiger partial charge in [0.25, 0.3) is 0 Å². The number of carboxylic acid groups (broad SMARTS) is 1. The van der Waals surface area contributed by atoms with Gasteiger partial charge in [-0.2, -0.15) is 5.10 Å². The molecule has 0 aliphatic heterocycles. The first-order chi connectivity index (χ1) is 10.5. The number of carbonyl (C=O) groups is 2. The molecule has 1 amide bonds. The Bertz CT molecular complexity index is 531. The van der Waals surface area contributed by atoms with Gasteiger partial charge in [-0.15, -0.1) is 0 Å². The molecule has 1 heterocycles. The first kappa shape index (κ1) is 16.5. The monoisotopic (exact) mass is 307 g/mol. The molecule has 0 spiro atoms. The maximum absolute atomic E-state index is 12.1. The minimum atomic E-state index is -0.733. The van der Waals surface area contributed by atoms with Crippen molar-refractivity contribution in [2.45, 2.75) is 52.5 Å². The molecule has 6 nitrogen and oxygen atoms in total. The third kappa shape index (κ3) is 4.32. The topological polar surface area (TPSA) is 84.2 Å². The molecule has 0 unspecified atom stereocenters. The number of aromatic nitrogens is 2. The molecule has 6 heteroatoms. The van der Waals surface area contributed by atoms with Crippen LogP contribution in [0.4, 0.5) is 0 Å². The van der Waals surface area contributed by atoms with Gasteiger partial charge in [0.15, 0.2) is 0 Å². The largest absolute Gasteiger partial charge is 0.481 e. The minimum absolute atomic E-state index is 0.0238. The lowest BCUT2D eigenvalue weighted by Crippen LogP contribution is -2.35. The van der Waals surface area contributed by atoms with E-state index >= 15 is 0 Å². The Morgan fingerprint density at radius 2 is 1.91 bits per heavy atom. The number of aliphatic carboxylic acids is 1. The quantitative estimate of drug-likeness (QED) is 0.786. The van der Waals surface area contributed by atoms with Crippen LogP contribution in [0.3, 0.4) is 0 Å². The zero-order valence-corrected chi connectivity index (χ0v) is 13.3. The Hall–Kier alpha value is -1.85. The Labute approximate surface area is 130 Å². The molecule has 0 atom stereocenters. The number of rotatable bonds is 6. The molecule has 1 fully saturated rings. The van der Waals surface area contributed by atoms with Gasteiger partial charge in [0, 0.05) is 24.7 Å². The molecule has 1 aliphatic carbocycles. The predicted octanol–water partition coefficient (Wildman–Crippen LogP) is 1.90. The van der Waals surface area contributed by atoms with Gasteiger partial charge in [-0.05, 0) is 52.0 Å². The van der Waals surface area contributed by atoms with E-state index in [9.17, 15) is 9.59 Å². The van der Waals surface area contributed by atoms with Crippen molar-refractivity contribution in [3.05, 3.63) is 17.5 Å². The number of hydrogen-bond donors (Lipinski definition) is 2. The molecule has 22 heavy (non-hydrogen) atoms. The van der Waals surface area contributed by atoms with Gasteiger partial charge in [0.1, 0.15) is 0 Å². The molecule has 122 valence electrons. The summed E-state index contributed by atoms with van der Waals surface area (Å²) in [4.78, 5) is 23.0. The second-order valence-electron chi connectivity index (χ2n) is 6.18. The minimum Gasteiger partial charge on any atom is -0.481 e. The van der Waals surface area contributed by atoms with Crippen LogP contribution in [-0.2, 0) is 16.1 Å². The van der Waals surface area contributed by atoms with Crippen LogP contribution in [0, 0.1) is 25.7 Å². The summed E-state index contributed by atoms with van der Waals surface area (Å²) in [5, 5.41) is 16.3. The average molecular weight is 307 g/mol. The highest BCUT2D eigenvalue weighted by molar-refractivity contribution is 5.79. The SMILES string of the molecule is Cc1cc(C)n(CCCNC(=O)C2CCC(C(=O)O)CC2)n1. The van der Waals surface area contributed by atoms with Crippen LogP contribution < -0.4 is 5.32 Å². The van der Waals surface area contributed by atoms with E-state index in [0.29, 0.717) is 32.2 Å². The van der Waals surface area contributed by atoms with Crippen molar-refractivity contribution in [1.29, 1.82) is 0 Å². The van der Waals surface area contributed by atoms with E-state index in [1.165, 1.54) is 0 Å². The number of nitrogens with one attached hydrogen (secondary N) is 1. The van der Waals surface area contributed by atoms with Crippen LogP contribution in [0.2, 0.25) is 0 Å². The third-order valence-corrected chi connectivity index (χ3v) is 4.40. The van der Waals surface area contributed by atoms with Crippen molar-refractivity contribution in [2.75, 3.05) is 6.54 Å². The number of amides is 1. The summed E-state index contributed by atoms with van der Waals surface area (Å²) >= 11 is 0. The summed E-state index contributed by atoms with van der Waals surface area (Å²) < 4.78 is 1.96. The summed E-state index contributed by atoms with van der Waals surface area (Å²) in [6, 6.07) is 2.04. The fourth-order valence-corrected chi connectivity index (χ4v) is 3.09. The molecule has 0 aromatic carbocycles.